The first-order chi connectivity index (χ1) is 7.17. The van der Waals surface area contributed by atoms with Crippen molar-refractivity contribution in [2.45, 2.75) is 45.1 Å². The van der Waals surface area contributed by atoms with E-state index in [9.17, 15) is 9.59 Å². The number of unbranched alkanes of at least 4 members (excludes halogenated alkanes) is 3. The van der Waals surface area contributed by atoms with Crippen molar-refractivity contribution in [3.8, 4) is 0 Å². The minimum atomic E-state index is -0.942. The van der Waals surface area contributed by atoms with Gasteiger partial charge in [0.05, 0.1) is 18.6 Å². The number of rotatable bonds is 9. The van der Waals surface area contributed by atoms with Gasteiger partial charge in [-0.2, -0.15) is 0 Å². The molecule has 0 aromatic heterocycles. The number of carbonyl (C=O) groups is 1. The van der Waals surface area contributed by atoms with Gasteiger partial charge in [-0.1, -0.05) is 32.6 Å². The van der Waals surface area contributed by atoms with Gasteiger partial charge in [0.2, 0.25) is 6.29 Å². The van der Waals surface area contributed by atoms with E-state index in [-0.39, 0.29) is 0 Å². The fourth-order valence-electron chi connectivity index (χ4n) is 1.38. The Morgan fingerprint density at radius 1 is 1.40 bits per heavy atom. The van der Waals surface area contributed by atoms with Crippen molar-refractivity contribution in [2.75, 3.05) is 6.61 Å². The number of hydrogen-bond donors (Lipinski definition) is 2. The molecule has 0 aliphatic carbocycles. The first-order valence-electron chi connectivity index (χ1n) is 5.45. The van der Waals surface area contributed by atoms with E-state index in [1.807, 2.05) is 0 Å². The van der Waals surface area contributed by atoms with Gasteiger partial charge in [-0.3, -0.25) is 9.59 Å². The van der Waals surface area contributed by atoms with Gasteiger partial charge in [0.1, 0.15) is 0 Å². The second-order valence-electron chi connectivity index (χ2n) is 3.71. The van der Waals surface area contributed by atoms with Crippen LogP contribution in [0.4, 0.5) is 0 Å². The van der Waals surface area contributed by atoms with Crippen molar-refractivity contribution < 1.29 is 14.7 Å². The summed E-state index contributed by atoms with van der Waals surface area (Å²) in [7, 11) is 0. The predicted octanol–water partition coefficient (Wildman–Crippen LogP) is 0.571. The summed E-state index contributed by atoms with van der Waals surface area (Å²) in [6.45, 7) is 1.68. The number of carbonyl (C=O) groups excluding carboxylic acids is 2. The van der Waals surface area contributed by atoms with E-state index in [0.29, 0.717) is 6.42 Å². The van der Waals surface area contributed by atoms with E-state index in [0.717, 1.165) is 25.7 Å². The average molecular weight is 214 g/mol. The second-order valence-corrected chi connectivity index (χ2v) is 3.71. The summed E-state index contributed by atoms with van der Waals surface area (Å²) in [5.74, 6) is -1.16. The summed E-state index contributed by atoms with van der Waals surface area (Å²) in [4.78, 5) is 22.0. The minimum Gasteiger partial charge on any atom is -0.394 e. The first kappa shape index (κ1) is 14.3. The van der Waals surface area contributed by atoms with Crippen molar-refractivity contribution in [3.63, 3.8) is 0 Å². The topological polar surface area (TPSA) is 80.4 Å². The quantitative estimate of drug-likeness (QED) is 0.434. The molecule has 0 aromatic carbocycles. The molecule has 0 rings (SSSR count). The molecular formula is C11H20NO3. The van der Waals surface area contributed by atoms with Gasteiger partial charge in [-0.05, 0) is 6.42 Å². The van der Waals surface area contributed by atoms with Gasteiger partial charge in [0.15, 0.2) is 5.78 Å². The van der Waals surface area contributed by atoms with Crippen LogP contribution in [0.1, 0.15) is 39.0 Å². The maximum absolute atomic E-state index is 11.4. The Hall–Kier alpha value is -0.740. The standard InChI is InChI=1S/C11H20NO3/c1-2-3-4-5-6-9(7-13)11(15)10(12)8-14/h9-10,14H,2-6,8,12H2,1H3/t9?,10-/m0/s1. The number of hydrogen-bond acceptors (Lipinski definition) is 4. The van der Waals surface area contributed by atoms with E-state index in [1.165, 1.54) is 0 Å². The highest BCUT2D eigenvalue weighted by atomic mass is 16.3. The molecule has 0 amide bonds. The van der Waals surface area contributed by atoms with Crippen molar-refractivity contribution in [3.05, 3.63) is 0 Å². The highest BCUT2D eigenvalue weighted by Gasteiger charge is 2.23. The third-order valence-corrected chi connectivity index (χ3v) is 2.39. The maximum Gasteiger partial charge on any atom is 0.209 e. The Kier molecular flexibility index (Phi) is 8.14. The van der Waals surface area contributed by atoms with Gasteiger partial charge in [0, 0.05) is 0 Å². The fraction of sp³-hybridized carbons (Fsp3) is 0.818. The molecule has 0 saturated heterocycles. The van der Waals surface area contributed by atoms with Gasteiger partial charge >= 0.3 is 0 Å². The highest BCUT2D eigenvalue weighted by molar-refractivity contribution is 5.96. The molecule has 0 aliphatic rings. The van der Waals surface area contributed by atoms with Crippen LogP contribution in [-0.4, -0.2) is 29.8 Å². The maximum atomic E-state index is 11.4. The molecule has 1 radical (unpaired) electrons. The van der Waals surface area contributed by atoms with E-state index < -0.39 is 24.3 Å². The van der Waals surface area contributed by atoms with Crippen LogP contribution in [0.25, 0.3) is 0 Å². The molecule has 0 saturated carbocycles. The number of Topliss-reactive ketones (excluding diaryl/α,β-unsaturated/α-hetero) is 1. The van der Waals surface area contributed by atoms with Crippen molar-refractivity contribution in [1.82, 2.24) is 0 Å². The molecule has 3 N–H and O–H groups in total. The van der Waals surface area contributed by atoms with Gasteiger partial charge in [-0.15, -0.1) is 0 Å². The third-order valence-electron chi connectivity index (χ3n) is 2.39. The Labute approximate surface area is 90.8 Å². The van der Waals surface area contributed by atoms with E-state index >= 15 is 0 Å². The van der Waals surface area contributed by atoms with Crippen LogP contribution in [0.2, 0.25) is 0 Å². The number of aliphatic hydroxyl groups excluding tert-OH is 1. The molecule has 87 valence electrons. The Morgan fingerprint density at radius 2 is 2.07 bits per heavy atom. The molecule has 0 spiro atoms. The molecular weight excluding hydrogens is 194 g/mol. The van der Waals surface area contributed by atoms with E-state index in [1.54, 1.807) is 6.29 Å². The monoisotopic (exact) mass is 214 g/mol. The molecule has 1 unspecified atom stereocenters. The van der Waals surface area contributed by atoms with E-state index in [4.69, 9.17) is 10.8 Å². The van der Waals surface area contributed by atoms with Crippen LogP contribution in [0, 0.1) is 5.92 Å². The van der Waals surface area contributed by atoms with E-state index in [2.05, 4.69) is 6.92 Å². The molecule has 0 heterocycles. The fourth-order valence-corrected chi connectivity index (χ4v) is 1.38. The van der Waals surface area contributed by atoms with Crippen LogP contribution in [0.3, 0.4) is 0 Å². The molecule has 0 fully saturated rings. The normalized spacial score (nSPS) is 14.6. The molecule has 4 nitrogen and oxygen atoms in total. The Bertz CT molecular complexity index is 194. The van der Waals surface area contributed by atoms with Gasteiger partial charge in [0.25, 0.3) is 0 Å². The molecule has 0 aromatic rings. The molecule has 2 atom stereocenters. The summed E-state index contributed by atoms with van der Waals surface area (Å²) in [5.41, 5.74) is 5.34. The Balaban J connectivity index is 3.91. The zero-order valence-corrected chi connectivity index (χ0v) is 9.24. The molecule has 0 aliphatic heterocycles. The summed E-state index contributed by atoms with van der Waals surface area (Å²) in [6.07, 6.45) is 6.25. The van der Waals surface area contributed by atoms with Crippen molar-refractivity contribution >= 4 is 12.1 Å². The predicted molar refractivity (Wildman–Crippen MR) is 58.0 cm³/mol. The zero-order valence-electron chi connectivity index (χ0n) is 9.24. The van der Waals surface area contributed by atoms with Crippen LogP contribution >= 0.6 is 0 Å². The summed E-state index contributed by atoms with van der Waals surface area (Å²) < 4.78 is 0. The third kappa shape index (κ3) is 5.64. The SMILES string of the molecule is CCCCCCC([C]=O)C(=O)[C@@H](N)CO. The lowest BCUT2D eigenvalue weighted by atomic mass is 9.94. The van der Waals surface area contributed by atoms with Crippen LogP contribution in [0.5, 0.6) is 0 Å². The number of ketones is 1. The highest BCUT2D eigenvalue weighted by Crippen LogP contribution is 2.11. The minimum absolute atomic E-state index is 0.399. The van der Waals surface area contributed by atoms with Crippen LogP contribution < -0.4 is 5.73 Å². The smallest absolute Gasteiger partial charge is 0.209 e. The van der Waals surface area contributed by atoms with Gasteiger partial charge < -0.3 is 10.8 Å². The number of nitrogens with two attached hydrogens (primary N) is 1. The lowest BCUT2D eigenvalue weighted by Gasteiger charge is -2.12. The number of aliphatic hydroxyl groups is 1. The second kappa shape index (κ2) is 8.56. The molecule has 0 bridgehead atoms. The summed E-state index contributed by atoms with van der Waals surface area (Å²) in [6, 6.07) is -0.942. The van der Waals surface area contributed by atoms with Crippen LogP contribution in [0.15, 0.2) is 0 Å². The largest absolute Gasteiger partial charge is 0.394 e. The Morgan fingerprint density at radius 3 is 2.53 bits per heavy atom. The zero-order chi connectivity index (χ0) is 11.7. The lowest BCUT2D eigenvalue weighted by molar-refractivity contribution is -0.123. The first-order valence-corrected chi connectivity index (χ1v) is 5.45. The van der Waals surface area contributed by atoms with Crippen molar-refractivity contribution in [2.24, 2.45) is 11.7 Å². The van der Waals surface area contributed by atoms with Crippen molar-refractivity contribution in [1.29, 1.82) is 0 Å². The lowest BCUT2D eigenvalue weighted by Crippen LogP contribution is -2.39. The van der Waals surface area contributed by atoms with Crippen LogP contribution in [-0.2, 0) is 9.59 Å². The molecule has 15 heavy (non-hydrogen) atoms. The average Bonchev–Trinajstić information content (AvgIpc) is 2.27. The summed E-state index contributed by atoms with van der Waals surface area (Å²) >= 11 is 0. The summed E-state index contributed by atoms with van der Waals surface area (Å²) in [5, 5.41) is 8.68. The van der Waals surface area contributed by atoms with Gasteiger partial charge in [-0.25, -0.2) is 0 Å². The molecule has 4 heteroatoms.